The van der Waals surface area contributed by atoms with Crippen molar-refractivity contribution in [1.82, 2.24) is 19.9 Å². The lowest BCUT2D eigenvalue weighted by atomic mass is 9.88. The summed E-state index contributed by atoms with van der Waals surface area (Å²) in [6.45, 7) is 0. The van der Waals surface area contributed by atoms with E-state index in [0.29, 0.717) is 11.1 Å². The Morgan fingerprint density at radius 3 is 1.50 bits per heavy atom. The minimum absolute atomic E-state index is 0.0456. The zero-order valence-electron chi connectivity index (χ0n) is 17.0. The molecule has 0 spiro atoms. The molecule has 4 aromatic carbocycles. The maximum atomic E-state index is 14.1. The normalized spacial score (nSPS) is 11.2. The van der Waals surface area contributed by atoms with E-state index in [1.807, 2.05) is 60.7 Å². The minimum atomic E-state index is -0.0456. The van der Waals surface area contributed by atoms with E-state index in [0.717, 1.165) is 44.1 Å². The Balaban J connectivity index is 1.65. The third-order valence-electron chi connectivity index (χ3n) is 5.88. The zero-order valence-corrected chi connectivity index (χ0v) is 17.0. The van der Waals surface area contributed by atoms with Crippen LogP contribution in [0.15, 0.2) is 97.8 Å². The summed E-state index contributed by atoms with van der Waals surface area (Å²) in [6.07, 6.45) is 6.79. The maximum Gasteiger partial charge on any atom is 0.194 e. The van der Waals surface area contributed by atoms with Crippen LogP contribution in [-0.4, -0.2) is 25.7 Å². The van der Waals surface area contributed by atoms with E-state index < -0.39 is 0 Å². The van der Waals surface area contributed by atoms with Gasteiger partial charge in [0.05, 0.1) is 36.4 Å². The van der Waals surface area contributed by atoms with Crippen LogP contribution in [0.1, 0.15) is 15.9 Å². The molecule has 0 aliphatic heterocycles. The number of hydrogen-bond donors (Lipinski definition) is 2. The summed E-state index contributed by atoms with van der Waals surface area (Å²) in [5, 5.41) is 4.15. The maximum absolute atomic E-state index is 14.1. The first-order chi connectivity index (χ1) is 15.8. The van der Waals surface area contributed by atoms with Crippen LogP contribution in [0.2, 0.25) is 0 Å². The van der Waals surface area contributed by atoms with Gasteiger partial charge in [-0.2, -0.15) is 0 Å². The number of benzene rings is 4. The molecule has 32 heavy (non-hydrogen) atoms. The van der Waals surface area contributed by atoms with Crippen molar-refractivity contribution < 1.29 is 4.79 Å². The van der Waals surface area contributed by atoms with Crippen molar-refractivity contribution >= 4 is 27.3 Å². The first kappa shape index (κ1) is 18.3. The Kier molecular flexibility index (Phi) is 4.18. The number of imidazole rings is 2. The van der Waals surface area contributed by atoms with Gasteiger partial charge in [-0.25, -0.2) is 9.97 Å². The number of ketones is 1. The smallest absolute Gasteiger partial charge is 0.194 e. The lowest BCUT2D eigenvalue weighted by Gasteiger charge is -2.15. The molecule has 2 heterocycles. The molecule has 2 N–H and O–H groups in total. The first-order valence-electron chi connectivity index (χ1n) is 10.4. The summed E-state index contributed by atoms with van der Waals surface area (Å²) in [7, 11) is 0. The van der Waals surface area contributed by atoms with Crippen LogP contribution in [-0.2, 0) is 0 Å². The molecule has 5 nitrogen and oxygen atoms in total. The quantitative estimate of drug-likeness (QED) is 0.347. The summed E-state index contributed by atoms with van der Waals surface area (Å²) in [5.41, 5.74) is 4.60. The second-order valence-electron chi connectivity index (χ2n) is 7.68. The van der Waals surface area contributed by atoms with Crippen molar-refractivity contribution in [3.8, 4) is 22.5 Å². The molecule has 5 heteroatoms. The van der Waals surface area contributed by atoms with Gasteiger partial charge >= 0.3 is 0 Å². The highest BCUT2D eigenvalue weighted by atomic mass is 16.1. The average Bonchev–Trinajstić information content (AvgIpc) is 3.57. The molecule has 0 amide bonds. The monoisotopic (exact) mass is 414 g/mol. The Morgan fingerprint density at radius 2 is 1.06 bits per heavy atom. The van der Waals surface area contributed by atoms with E-state index in [4.69, 9.17) is 0 Å². The molecule has 0 radical (unpaired) electrons. The molecular formula is C27H18N4O. The highest BCUT2D eigenvalue weighted by Gasteiger charge is 2.22. The largest absolute Gasteiger partial charge is 0.345 e. The van der Waals surface area contributed by atoms with E-state index in [-0.39, 0.29) is 5.78 Å². The summed E-state index contributed by atoms with van der Waals surface area (Å²) < 4.78 is 0. The molecule has 6 rings (SSSR count). The molecule has 0 saturated carbocycles. The van der Waals surface area contributed by atoms with Crippen molar-refractivity contribution in [3.05, 3.63) is 109 Å². The van der Waals surface area contributed by atoms with Gasteiger partial charge in [-0.05, 0) is 33.7 Å². The SMILES string of the molecule is O=C(c1ccc2ccccc2c1-c1cnc[nH]1)c1ccc2ccccc2c1-c1cnc[nH]1. The van der Waals surface area contributed by atoms with Crippen molar-refractivity contribution in [3.63, 3.8) is 0 Å². The predicted molar refractivity (Wildman–Crippen MR) is 126 cm³/mol. The Labute approximate surface area is 183 Å². The van der Waals surface area contributed by atoms with Gasteiger partial charge in [-0.1, -0.05) is 60.7 Å². The topological polar surface area (TPSA) is 74.4 Å². The van der Waals surface area contributed by atoms with E-state index in [2.05, 4.69) is 32.1 Å². The van der Waals surface area contributed by atoms with Crippen LogP contribution in [0.25, 0.3) is 44.1 Å². The molecule has 6 aromatic rings. The van der Waals surface area contributed by atoms with Crippen LogP contribution in [0.4, 0.5) is 0 Å². The van der Waals surface area contributed by atoms with Gasteiger partial charge in [0.25, 0.3) is 0 Å². The highest BCUT2D eigenvalue weighted by Crippen LogP contribution is 2.36. The second kappa shape index (κ2) is 7.32. The van der Waals surface area contributed by atoms with Gasteiger partial charge in [-0.15, -0.1) is 0 Å². The number of nitrogens with one attached hydrogen (secondary N) is 2. The molecule has 152 valence electrons. The van der Waals surface area contributed by atoms with Crippen molar-refractivity contribution in [1.29, 1.82) is 0 Å². The van der Waals surface area contributed by atoms with Crippen molar-refractivity contribution in [2.75, 3.05) is 0 Å². The number of aromatic nitrogens is 4. The third kappa shape index (κ3) is 2.83. The van der Waals surface area contributed by atoms with Gasteiger partial charge in [0.15, 0.2) is 5.78 Å². The first-order valence-corrected chi connectivity index (χ1v) is 10.4. The summed E-state index contributed by atoms with van der Waals surface area (Å²) in [6, 6.07) is 24.0. The van der Waals surface area contributed by atoms with Gasteiger partial charge in [0, 0.05) is 22.3 Å². The van der Waals surface area contributed by atoms with Gasteiger partial charge in [0.2, 0.25) is 0 Å². The van der Waals surface area contributed by atoms with E-state index in [1.165, 1.54) is 0 Å². The Bertz CT molecular complexity index is 1460. The highest BCUT2D eigenvalue weighted by molar-refractivity contribution is 6.21. The van der Waals surface area contributed by atoms with Gasteiger partial charge in [-0.3, -0.25) is 4.79 Å². The Morgan fingerprint density at radius 1 is 0.594 bits per heavy atom. The van der Waals surface area contributed by atoms with Gasteiger partial charge < -0.3 is 9.97 Å². The van der Waals surface area contributed by atoms with Crippen LogP contribution >= 0.6 is 0 Å². The number of hydrogen-bond acceptors (Lipinski definition) is 3. The molecular weight excluding hydrogens is 396 g/mol. The second-order valence-corrected chi connectivity index (χ2v) is 7.68. The zero-order chi connectivity index (χ0) is 21.5. The number of carbonyl (C=O) groups is 1. The number of aromatic amines is 2. The van der Waals surface area contributed by atoms with Crippen LogP contribution < -0.4 is 0 Å². The van der Waals surface area contributed by atoms with Crippen LogP contribution in [0.3, 0.4) is 0 Å². The summed E-state index contributed by atoms with van der Waals surface area (Å²) in [5.74, 6) is -0.0456. The molecule has 2 aromatic heterocycles. The van der Waals surface area contributed by atoms with E-state index in [9.17, 15) is 4.79 Å². The molecule has 0 atom stereocenters. The molecule has 0 unspecified atom stereocenters. The number of rotatable bonds is 4. The third-order valence-corrected chi connectivity index (χ3v) is 5.88. The predicted octanol–water partition coefficient (Wildman–Crippen LogP) is 6.00. The number of nitrogens with zero attached hydrogens (tertiary/aromatic N) is 2. The fourth-order valence-corrected chi connectivity index (χ4v) is 4.43. The minimum Gasteiger partial charge on any atom is -0.345 e. The Hall–Kier alpha value is -4.51. The number of carbonyl (C=O) groups excluding carboxylic acids is 1. The van der Waals surface area contributed by atoms with Crippen LogP contribution in [0, 0.1) is 0 Å². The average molecular weight is 414 g/mol. The lowest BCUT2D eigenvalue weighted by Crippen LogP contribution is -2.07. The fraction of sp³-hybridized carbons (Fsp3) is 0. The van der Waals surface area contributed by atoms with Crippen LogP contribution in [0.5, 0.6) is 0 Å². The lowest BCUT2D eigenvalue weighted by molar-refractivity contribution is 0.104. The van der Waals surface area contributed by atoms with Gasteiger partial charge in [0.1, 0.15) is 0 Å². The number of fused-ring (bicyclic) bond motifs is 2. The van der Waals surface area contributed by atoms with E-state index >= 15 is 0 Å². The molecule has 0 bridgehead atoms. The standard InChI is InChI=1S/C27H18N4O/c32-27(21-11-9-17-5-1-3-7-19(17)25(21)23-13-28-15-30-23)22-12-10-18-6-2-4-8-20(18)26(22)24-14-29-16-31-24/h1-16H,(H,28,30)(H,29,31). The number of H-pyrrole nitrogens is 2. The summed E-state index contributed by atoms with van der Waals surface area (Å²) in [4.78, 5) is 28.9. The molecule has 0 saturated heterocycles. The molecule has 0 aliphatic carbocycles. The molecule has 0 aliphatic rings. The van der Waals surface area contributed by atoms with Crippen molar-refractivity contribution in [2.24, 2.45) is 0 Å². The molecule has 0 fully saturated rings. The fourth-order valence-electron chi connectivity index (χ4n) is 4.43. The summed E-state index contributed by atoms with van der Waals surface area (Å²) >= 11 is 0. The van der Waals surface area contributed by atoms with E-state index in [1.54, 1.807) is 25.0 Å². The van der Waals surface area contributed by atoms with Crippen molar-refractivity contribution in [2.45, 2.75) is 0 Å².